The van der Waals surface area contributed by atoms with Crippen LogP contribution in [0, 0.1) is 19.3 Å². The molecule has 0 amide bonds. The molecule has 3 nitrogen and oxygen atoms in total. The number of nitrogens with zero attached hydrogens (tertiary/aromatic N) is 2. The van der Waals surface area contributed by atoms with E-state index in [0.29, 0.717) is 0 Å². The average molecular weight is 420 g/mol. The van der Waals surface area contributed by atoms with E-state index in [-0.39, 0.29) is 18.1 Å². The normalized spacial score (nSPS) is 18.8. The van der Waals surface area contributed by atoms with Crippen molar-refractivity contribution in [3.8, 4) is 0 Å². The van der Waals surface area contributed by atoms with Gasteiger partial charge in [-0.2, -0.15) is 0 Å². The summed E-state index contributed by atoms with van der Waals surface area (Å²) in [6, 6.07) is 6.59. The molecule has 0 fully saturated rings. The molecule has 1 atom stereocenters. The van der Waals surface area contributed by atoms with Crippen LogP contribution in [0.3, 0.4) is 0 Å². The molecule has 1 aromatic carbocycles. The van der Waals surface area contributed by atoms with Gasteiger partial charge in [0.1, 0.15) is 24.8 Å². The monoisotopic (exact) mass is 420 g/mol. The summed E-state index contributed by atoms with van der Waals surface area (Å²) < 4.78 is 61.5. The van der Waals surface area contributed by atoms with Gasteiger partial charge in [-0.05, 0) is 25.0 Å². The minimum absolute atomic E-state index is 0.0715. The van der Waals surface area contributed by atoms with Crippen LogP contribution in [0.4, 0.5) is 30.9 Å². The van der Waals surface area contributed by atoms with E-state index in [1.165, 1.54) is 16.8 Å². The number of anilines is 1. The standard InChI is InChI=1S/C17H27N2O.F6P/c1-13-7-6-8-14(2)16(13)19-10-9-18(12-19)15(11-20)17(3,4)5;1-7(2,3,4,5)6/h6-8,12,15,20H,9-11H2,1-5H3;/q+1;-1/t15-;/m1./s1. The Kier molecular flexibility index (Phi) is 6.08. The molecule has 0 saturated heterocycles. The zero-order chi connectivity index (χ0) is 21.3. The number of hydrogen-bond donors (Lipinski definition) is 1. The van der Waals surface area contributed by atoms with Gasteiger partial charge < -0.3 is 5.11 Å². The van der Waals surface area contributed by atoms with Crippen molar-refractivity contribution in [1.29, 1.82) is 0 Å². The van der Waals surface area contributed by atoms with E-state index in [9.17, 15) is 30.3 Å². The van der Waals surface area contributed by atoms with Gasteiger partial charge in [-0.1, -0.05) is 39.0 Å². The summed E-state index contributed by atoms with van der Waals surface area (Å²) in [7, 11) is -10.7. The third kappa shape index (κ3) is 8.93. The van der Waals surface area contributed by atoms with Gasteiger partial charge in [-0.3, -0.25) is 4.58 Å². The predicted octanol–water partition coefficient (Wildman–Crippen LogP) is 5.95. The van der Waals surface area contributed by atoms with Gasteiger partial charge in [-0.25, -0.2) is 4.90 Å². The summed E-state index contributed by atoms with van der Waals surface area (Å²) in [5.74, 6) is 0. The summed E-state index contributed by atoms with van der Waals surface area (Å²) in [5.41, 5.74) is 3.99. The molecule has 0 spiro atoms. The van der Waals surface area contributed by atoms with Crippen LogP contribution in [0.5, 0.6) is 0 Å². The molecular formula is C17H27F6N2OP. The van der Waals surface area contributed by atoms with Crippen LogP contribution in [-0.2, 0) is 0 Å². The molecule has 10 heteroatoms. The molecule has 1 heterocycles. The molecule has 0 saturated carbocycles. The topological polar surface area (TPSA) is 26.5 Å². The molecule has 1 N–H and O–H groups in total. The van der Waals surface area contributed by atoms with Gasteiger partial charge in [-0.15, -0.1) is 0 Å². The molecule has 0 aromatic heterocycles. The first-order valence-corrected chi connectivity index (χ1v) is 10.4. The number of aliphatic hydroxyl groups excluding tert-OH is 1. The molecule has 0 bridgehead atoms. The summed E-state index contributed by atoms with van der Waals surface area (Å²) in [4.78, 5) is 2.32. The maximum atomic E-state index is 9.87. The Morgan fingerprint density at radius 3 is 1.89 bits per heavy atom. The van der Waals surface area contributed by atoms with Gasteiger partial charge in [0, 0.05) is 5.41 Å². The summed E-state index contributed by atoms with van der Waals surface area (Å²) >= 11 is 0. The average Bonchev–Trinajstić information content (AvgIpc) is 2.83. The zero-order valence-corrected chi connectivity index (χ0v) is 17.0. The Hall–Kier alpha value is -1.34. The number of rotatable bonds is 3. The van der Waals surface area contributed by atoms with Gasteiger partial charge in [0.15, 0.2) is 0 Å². The van der Waals surface area contributed by atoms with Gasteiger partial charge in [0.2, 0.25) is 6.34 Å². The van der Waals surface area contributed by atoms with E-state index in [4.69, 9.17) is 0 Å². The summed E-state index contributed by atoms with van der Waals surface area (Å²) in [6.07, 6.45) is 2.18. The van der Waals surface area contributed by atoms with Crippen LogP contribution in [0.2, 0.25) is 0 Å². The second kappa shape index (κ2) is 6.92. The third-order valence-corrected chi connectivity index (χ3v) is 4.19. The second-order valence-electron chi connectivity index (χ2n) is 7.81. The van der Waals surface area contributed by atoms with Crippen LogP contribution in [0.1, 0.15) is 31.9 Å². The van der Waals surface area contributed by atoms with E-state index >= 15 is 0 Å². The van der Waals surface area contributed by atoms with Crippen LogP contribution in [0.25, 0.3) is 0 Å². The first-order valence-electron chi connectivity index (χ1n) is 8.40. The van der Waals surface area contributed by atoms with Gasteiger partial charge in [0.25, 0.3) is 0 Å². The number of hydrogen-bond acceptors (Lipinski definition) is 2. The van der Waals surface area contributed by atoms with Crippen LogP contribution in [-0.4, -0.2) is 41.8 Å². The van der Waals surface area contributed by atoms with E-state index in [2.05, 4.69) is 68.6 Å². The molecule has 27 heavy (non-hydrogen) atoms. The second-order valence-corrected chi connectivity index (χ2v) is 9.73. The van der Waals surface area contributed by atoms with Crippen LogP contribution < -0.4 is 4.90 Å². The van der Waals surface area contributed by atoms with E-state index in [0.717, 1.165) is 13.1 Å². The zero-order valence-electron chi connectivity index (χ0n) is 16.1. The summed E-state index contributed by atoms with van der Waals surface area (Å²) in [5, 5.41) is 9.71. The Morgan fingerprint density at radius 2 is 1.52 bits per heavy atom. The van der Waals surface area contributed by atoms with Crippen molar-refractivity contribution >= 4 is 19.8 Å². The number of halogens is 6. The fourth-order valence-corrected chi connectivity index (χ4v) is 3.06. The predicted molar refractivity (Wildman–Crippen MR) is 98.4 cm³/mol. The van der Waals surface area contributed by atoms with Crippen molar-refractivity contribution in [2.75, 3.05) is 24.6 Å². The number of para-hydroxylation sites is 1. The molecule has 1 aromatic rings. The van der Waals surface area contributed by atoms with E-state index in [1.54, 1.807) is 0 Å². The van der Waals surface area contributed by atoms with Crippen molar-refractivity contribution in [1.82, 2.24) is 0 Å². The molecule has 0 unspecified atom stereocenters. The van der Waals surface area contributed by atoms with Gasteiger partial charge >= 0.3 is 33.0 Å². The van der Waals surface area contributed by atoms with Crippen molar-refractivity contribution < 1.29 is 34.9 Å². The number of benzene rings is 1. The van der Waals surface area contributed by atoms with Crippen LogP contribution in [0.15, 0.2) is 18.2 Å². The van der Waals surface area contributed by atoms with Crippen molar-refractivity contribution in [2.45, 2.75) is 40.7 Å². The van der Waals surface area contributed by atoms with Crippen molar-refractivity contribution in [3.63, 3.8) is 0 Å². The van der Waals surface area contributed by atoms with Crippen molar-refractivity contribution in [3.05, 3.63) is 29.3 Å². The Morgan fingerprint density at radius 1 is 1.07 bits per heavy atom. The van der Waals surface area contributed by atoms with E-state index < -0.39 is 7.81 Å². The molecule has 0 radical (unpaired) electrons. The van der Waals surface area contributed by atoms with Crippen molar-refractivity contribution in [2.24, 2.45) is 5.41 Å². The Bertz CT molecular complexity index is 679. The molecule has 158 valence electrons. The van der Waals surface area contributed by atoms with E-state index in [1.807, 2.05) is 0 Å². The minimum atomic E-state index is -10.7. The van der Waals surface area contributed by atoms with Crippen LogP contribution >= 0.6 is 7.81 Å². The summed E-state index contributed by atoms with van der Waals surface area (Å²) in [6.45, 7) is 13.0. The first kappa shape index (κ1) is 23.7. The molecule has 0 aliphatic carbocycles. The molecule has 1 aliphatic heterocycles. The Balaban J connectivity index is 0.000000445. The first-order chi connectivity index (χ1) is 11.8. The fourth-order valence-electron chi connectivity index (χ4n) is 3.06. The molecule has 1 aliphatic rings. The number of aliphatic hydroxyl groups is 1. The number of aryl methyl sites for hydroxylation is 2. The third-order valence-electron chi connectivity index (χ3n) is 4.19. The Labute approximate surface area is 155 Å². The van der Waals surface area contributed by atoms with Gasteiger partial charge in [0.05, 0.1) is 6.61 Å². The molecular weight excluding hydrogens is 393 g/mol. The molecule has 2 rings (SSSR count). The quantitative estimate of drug-likeness (QED) is 0.371. The SMILES string of the molecule is Cc1cccc(C)c1N1C=[N+]([C@H](CO)C(C)(C)C)CC1.F[P-](F)(F)(F)(F)F. The fraction of sp³-hybridized carbons (Fsp3) is 0.588. The maximum absolute atomic E-state index is 10.7.